The van der Waals surface area contributed by atoms with Crippen molar-refractivity contribution >= 4 is 17.2 Å². The van der Waals surface area contributed by atoms with Crippen molar-refractivity contribution in [2.75, 3.05) is 0 Å². The van der Waals surface area contributed by atoms with E-state index < -0.39 is 6.04 Å². The number of carbonyl (C=O) groups is 1. The van der Waals surface area contributed by atoms with Gasteiger partial charge in [-0.2, -0.15) is 0 Å². The number of hydrogen-bond donors (Lipinski definition) is 2. The van der Waals surface area contributed by atoms with Gasteiger partial charge in [-0.1, -0.05) is 37.3 Å². The molecule has 2 unspecified atom stereocenters. The lowest BCUT2D eigenvalue weighted by Crippen LogP contribution is -2.42. The summed E-state index contributed by atoms with van der Waals surface area (Å²) in [6.07, 6.45) is 3.37. The number of hydrogen-bond acceptors (Lipinski definition) is 4. The van der Waals surface area contributed by atoms with Gasteiger partial charge in [0.05, 0.1) is 12.1 Å². The third kappa shape index (κ3) is 4.37. The molecule has 1 aromatic carbocycles. The Hall–Kier alpha value is -1.72. The number of nitrogens with two attached hydrogens (primary N) is 1. The summed E-state index contributed by atoms with van der Waals surface area (Å²) in [4.78, 5) is 17.7. The number of carbonyl (C=O) groups excluding carboxylic acids is 1. The summed E-state index contributed by atoms with van der Waals surface area (Å²) >= 11 is 1.63. The molecule has 0 saturated carbocycles. The van der Waals surface area contributed by atoms with Crippen LogP contribution >= 0.6 is 11.3 Å². The largest absolute Gasteiger partial charge is 0.346 e. The molecule has 0 spiro atoms. The number of nitrogens with zero attached hydrogens (tertiary/aromatic N) is 1. The summed E-state index contributed by atoms with van der Waals surface area (Å²) in [6.45, 7) is 4.03. The minimum absolute atomic E-state index is 0.107. The second-order valence-electron chi connectivity index (χ2n) is 5.04. The maximum atomic E-state index is 12.1. The van der Waals surface area contributed by atoms with Gasteiger partial charge in [-0.25, -0.2) is 4.98 Å². The summed E-state index contributed by atoms with van der Waals surface area (Å²) in [5.74, 6) is -0.139. The van der Waals surface area contributed by atoms with Gasteiger partial charge in [0.25, 0.3) is 0 Å². The molecule has 2 aromatic rings. The van der Waals surface area contributed by atoms with Crippen LogP contribution in [0.5, 0.6) is 0 Å². The van der Waals surface area contributed by atoms with Crippen molar-refractivity contribution in [1.29, 1.82) is 0 Å². The third-order valence-corrected chi connectivity index (χ3v) is 4.61. The Bertz CT molecular complexity index is 582. The molecule has 2 atom stereocenters. The third-order valence-electron chi connectivity index (χ3n) is 3.28. The molecule has 0 aliphatic heterocycles. The van der Waals surface area contributed by atoms with E-state index in [0.29, 0.717) is 6.42 Å². The van der Waals surface area contributed by atoms with Gasteiger partial charge in [0.2, 0.25) is 5.91 Å². The van der Waals surface area contributed by atoms with E-state index >= 15 is 0 Å². The molecule has 0 aliphatic carbocycles. The number of aryl methyl sites for hydroxylation is 1. The van der Waals surface area contributed by atoms with E-state index in [9.17, 15) is 4.79 Å². The predicted octanol–water partition coefficient (Wildman–Crippen LogP) is 2.45. The minimum atomic E-state index is -0.541. The molecule has 4 nitrogen and oxygen atoms in total. The van der Waals surface area contributed by atoms with Crippen LogP contribution in [0.15, 0.2) is 36.5 Å². The standard InChI is InChI=1S/C16H21N3OS/c1-3-13-10-18-16(21-13)11(2)19-15(20)14(17)9-12-7-5-4-6-8-12/h4-8,10-11,14H,3,9,17H2,1-2H3,(H,19,20). The zero-order chi connectivity index (χ0) is 15.2. The first-order chi connectivity index (χ1) is 10.1. The zero-order valence-corrected chi connectivity index (χ0v) is 13.2. The van der Waals surface area contributed by atoms with Crippen LogP contribution in [-0.4, -0.2) is 16.9 Å². The van der Waals surface area contributed by atoms with Crippen LogP contribution in [0, 0.1) is 0 Å². The summed E-state index contributed by atoms with van der Waals surface area (Å²) in [6, 6.07) is 9.15. The normalized spacial score (nSPS) is 13.7. The molecule has 0 bridgehead atoms. The smallest absolute Gasteiger partial charge is 0.237 e. The molecule has 1 aromatic heterocycles. The van der Waals surface area contributed by atoms with Crippen molar-refractivity contribution < 1.29 is 4.79 Å². The number of thiazole rings is 1. The number of amides is 1. The van der Waals surface area contributed by atoms with Crippen molar-refractivity contribution in [3.8, 4) is 0 Å². The van der Waals surface area contributed by atoms with Crippen LogP contribution in [0.25, 0.3) is 0 Å². The Morgan fingerprint density at radius 2 is 2.10 bits per heavy atom. The summed E-state index contributed by atoms with van der Waals surface area (Å²) < 4.78 is 0. The second kappa shape index (κ2) is 7.33. The van der Waals surface area contributed by atoms with Gasteiger partial charge in [-0.05, 0) is 25.3 Å². The molecular formula is C16H21N3OS. The topological polar surface area (TPSA) is 68.0 Å². The van der Waals surface area contributed by atoms with Gasteiger partial charge in [0.1, 0.15) is 5.01 Å². The van der Waals surface area contributed by atoms with Crippen LogP contribution in [0.3, 0.4) is 0 Å². The maximum Gasteiger partial charge on any atom is 0.237 e. The van der Waals surface area contributed by atoms with Crippen molar-refractivity contribution in [1.82, 2.24) is 10.3 Å². The summed E-state index contributed by atoms with van der Waals surface area (Å²) in [7, 11) is 0. The van der Waals surface area contributed by atoms with E-state index in [-0.39, 0.29) is 11.9 Å². The summed E-state index contributed by atoms with van der Waals surface area (Å²) in [5.41, 5.74) is 7.04. The molecule has 2 rings (SSSR count). The van der Waals surface area contributed by atoms with Crippen molar-refractivity contribution in [3.63, 3.8) is 0 Å². The van der Waals surface area contributed by atoms with E-state index in [1.807, 2.05) is 43.5 Å². The van der Waals surface area contributed by atoms with E-state index in [0.717, 1.165) is 17.0 Å². The quantitative estimate of drug-likeness (QED) is 0.861. The molecule has 1 heterocycles. The van der Waals surface area contributed by atoms with Crippen LogP contribution in [0.1, 0.15) is 35.3 Å². The number of nitrogens with one attached hydrogen (secondary N) is 1. The highest BCUT2D eigenvalue weighted by molar-refractivity contribution is 7.11. The highest BCUT2D eigenvalue weighted by Crippen LogP contribution is 2.20. The van der Waals surface area contributed by atoms with E-state index in [1.54, 1.807) is 11.3 Å². The van der Waals surface area contributed by atoms with E-state index in [2.05, 4.69) is 17.2 Å². The summed E-state index contributed by atoms with van der Waals surface area (Å²) in [5, 5.41) is 3.86. The molecular weight excluding hydrogens is 282 g/mol. The Morgan fingerprint density at radius 1 is 1.38 bits per heavy atom. The van der Waals surface area contributed by atoms with Gasteiger partial charge < -0.3 is 11.1 Å². The fraction of sp³-hybridized carbons (Fsp3) is 0.375. The molecule has 5 heteroatoms. The number of benzene rings is 1. The Balaban J connectivity index is 1.91. The van der Waals surface area contributed by atoms with Crippen molar-refractivity contribution in [2.24, 2.45) is 5.73 Å². The van der Waals surface area contributed by atoms with Crippen LogP contribution in [0.4, 0.5) is 0 Å². The first-order valence-electron chi connectivity index (χ1n) is 7.14. The second-order valence-corrected chi connectivity index (χ2v) is 6.19. The molecule has 0 saturated heterocycles. The molecule has 0 radical (unpaired) electrons. The first kappa shape index (κ1) is 15.7. The molecule has 0 aliphatic rings. The zero-order valence-electron chi connectivity index (χ0n) is 12.4. The predicted molar refractivity (Wildman–Crippen MR) is 86.2 cm³/mol. The highest BCUT2D eigenvalue weighted by Gasteiger charge is 2.18. The van der Waals surface area contributed by atoms with Gasteiger partial charge in [0, 0.05) is 11.1 Å². The van der Waals surface area contributed by atoms with E-state index in [4.69, 9.17) is 5.73 Å². The minimum Gasteiger partial charge on any atom is -0.346 e. The molecule has 1 amide bonds. The molecule has 21 heavy (non-hydrogen) atoms. The number of rotatable bonds is 6. The Morgan fingerprint density at radius 3 is 2.71 bits per heavy atom. The van der Waals surface area contributed by atoms with E-state index in [1.165, 1.54) is 4.88 Å². The lowest BCUT2D eigenvalue weighted by Gasteiger charge is -2.16. The van der Waals surface area contributed by atoms with Gasteiger partial charge in [0.15, 0.2) is 0 Å². The Labute approximate surface area is 129 Å². The fourth-order valence-corrected chi connectivity index (χ4v) is 2.89. The molecule has 0 fully saturated rings. The lowest BCUT2D eigenvalue weighted by atomic mass is 10.1. The monoisotopic (exact) mass is 303 g/mol. The average molecular weight is 303 g/mol. The molecule has 112 valence electrons. The van der Waals surface area contributed by atoms with Crippen LogP contribution < -0.4 is 11.1 Å². The molecule has 3 N–H and O–H groups in total. The van der Waals surface area contributed by atoms with Crippen molar-refractivity contribution in [3.05, 3.63) is 52.0 Å². The van der Waals surface area contributed by atoms with Gasteiger partial charge in [-0.3, -0.25) is 4.79 Å². The van der Waals surface area contributed by atoms with Crippen LogP contribution in [-0.2, 0) is 17.6 Å². The maximum absolute atomic E-state index is 12.1. The lowest BCUT2D eigenvalue weighted by molar-refractivity contribution is -0.123. The van der Waals surface area contributed by atoms with Gasteiger partial charge >= 0.3 is 0 Å². The Kier molecular flexibility index (Phi) is 5.47. The van der Waals surface area contributed by atoms with Crippen molar-refractivity contribution in [2.45, 2.75) is 38.8 Å². The van der Waals surface area contributed by atoms with Gasteiger partial charge in [-0.15, -0.1) is 11.3 Å². The first-order valence-corrected chi connectivity index (χ1v) is 7.96. The van der Waals surface area contributed by atoms with Crippen LogP contribution in [0.2, 0.25) is 0 Å². The highest BCUT2D eigenvalue weighted by atomic mass is 32.1. The average Bonchev–Trinajstić information content (AvgIpc) is 2.97. The number of aromatic nitrogens is 1. The SMILES string of the molecule is CCc1cnc(C(C)NC(=O)C(N)Cc2ccccc2)s1. The fourth-order valence-electron chi connectivity index (χ4n) is 2.03.